The van der Waals surface area contributed by atoms with E-state index in [9.17, 15) is 9.90 Å². The van der Waals surface area contributed by atoms with Crippen molar-refractivity contribution in [3.8, 4) is 11.1 Å². The van der Waals surface area contributed by atoms with Crippen LogP contribution < -0.4 is 0 Å². The number of carbonyl (C=O) groups is 1. The van der Waals surface area contributed by atoms with Gasteiger partial charge < -0.3 is 5.11 Å². The zero-order chi connectivity index (χ0) is 20.6. The van der Waals surface area contributed by atoms with Crippen molar-refractivity contribution in [2.45, 2.75) is 46.1 Å². The summed E-state index contributed by atoms with van der Waals surface area (Å²) in [7, 11) is 0. The molecule has 0 radical (unpaired) electrons. The van der Waals surface area contributed by atoms with Gasteiger partial charge in [-0.05, 0) is 41.7 Å². The highest BCUT2D eigenvalue weighted by atomic mass is 16.4. The van der Waals surface area contributed by atoms with Crippen molar-refractivity contribution in [3.63, 3.8) is 0 Å². The number of hydrogen-bond acceptors (Lipinski definition) is 3. The van der Waals surface area contributed by atoms with Crippen LogP contribution >= 0.6 is 0 Å². The molecule has 3 aromatic rings. The van der Waals surface area contributed by atoms with Crippen molar-refractivity contribution >= 4 is 12.0 Å². The summed E-state index contributed by atoms with van der Waals surface area (Å²) in [5, 5.41) is 14.1. The molecular formula is C24H27N3O2. The molecule has 29 heavy (non-hydrogen) atoms. The zero-order valence-electron chi connectivity index (χ0n) is 17.0. The van der Waals surface area contributed by atoms with E-state index in [-0.39, 0.29) is 0 Å². The first kappa shape index (κ1) is 20.5. The lowest BCUT2D eigenvalue weighted by atomic mass is 9.99. The highest BCUT2D eigenvalue weighted by molar-refractivity contribution is 5.95. The first-order chi connectivity index (χ1) is 14.1. The van der Waals surface area contributed by atoms with Gasteiger partial charge in [0.2, 0.25) is 0 Å². The molecule has 0 aliphatic carbocycles. The van der Waals surface area contributed by atoms with E-state index in [1.807, 2.05) is 47.2 Å². The van der Waals surface area contributed by atoms with Gasteiger partial charge in [-0.3, -0.25) is 0 Å². The number of carboxylic acid groups (broad SMARTS) is 1. The molecule has 5 heteroatoms. The highest BCUT2D eigenvalue weighted by Crippen LogP contribution is 2.24. The topological polar surface area (TPSA) is 68.0 Å². The predicted octanol–water partition coefficient (Wildman–Crippen LogP) is 5.46. The first-order valence-electron chi connectivity index (χ1n) is 10.1. The molecule has 1 N–H and O–H groups in total. The Morgan fingerprint density at radius 2 is 1.86 bits per heavy atom. The Hall–Kier alpha value is -3.21. The number of benzene rings is 2. The average Bonchev–Trinajstić information content (AvgIpc) is 3.12. The van der Waals surface area contributed by atoms with Crippen LogP contribution in [0.1, 0.15) is 60.7 Å². The summed E-state index contributed by atoms with van der Waals surface area (Å²) in [5.74, 6) is 0.840. The first-order valence-corrected chi connectivity index (χ1v) is 10.1. The van der Waals surface area contributed by atoms with E-state index in [1.165, 1.54) is 0 Å². The Labute approximate surface area is 171 Å². The Morgan fingerprint density at radius 3 is 2.55 bits per heavy atom. The average molecular weight is 389 g/mol. The van der Waals surface area contributed by atoms with Crippen molar-refractivity contribution < 1.29 is 9.90 Å². The fraction of sp³-hybridized carbons (Fsp3) is 0.292. The minimum absolute atomic E-state index is 0.309. The monoisotopic (exact) mass is 389 g/mol. The second-order valence-corrected chi connectivity index (χ2v) is 7.01. The molecule has 2 aromatic carbocycles. The third-order valence-electron chi connectivity index (χ3n) is 4.76. The third-order valence-corrected chi connectivity index (χ3v) is 4.76. The molecule has 5 nitrogen and oxygen atoms in total. The van der Waals surface area contributed by atoms with Crippen LogP contribution in [-0.4, -0.2) is 25.8 Å². The van der Waals surface area contributed by atoms with Gasteiger partial charge in [0, 0.05) is 6.42 Å². The summed E-state index contributed by atoms with van der Waals surface area (Å²) >= 11 is 0. The van der Waals surface area contributed by atoms with Gasteiger partial charge in [-0.15, -0.1) is 0 Å². The molecule has 1 aromatic heterocycles. The van der Waals surface area contributed by atoms with Crippen LogP contribution in [0.5, 0.6) is 0 Å². The molecule has 0 unspecified atom stereocenters. The number of rotatable bonds is 9. The molecular weight excluding hydrogens is 362 g/mol. The Balaban J connectivity index is 1.84. The minimum atomic E-state index is -0.917. The van der Waals surface area contributed by atoms with Crippen LogP contribution in [0.3, 0.4) is 0 Å². The number of aromatic nitrogens is 3. The van der Waals surface area contributed by atoms with Crippen LogP contribution in [0.15, 0.2) is 54.6 Å². The van der Waals surface area contributed by atoms with Crippen molar-refractivity contribution in [2.75, 3.05) is 0 Å². The Morgan fingerprint density at radius 1 is 1.10 bits per heavy atom. The molecule has 0 aliphatic rings. The van der Waals surface area contributed by atoms with Crippen molar-refractivity contribution in [1.82, 2.24) is 14.8 Å². The molecule has 0 atom stereocenters. The molecule has 0 bridgehead atoms. The summed E-state index contributed by atoms with van der Waals surface area (Å²) in [4.78, 5) is 16.2. The van der Waals surface area contributed by atoms with Gasteiger partial charge in [-0.25, -0.2) is 14.5 Å². The smallest absolute Gasteiger partial charge is 0.336 e. The van der Waals surface area contributed by atoms with E-state index in [4.69, 9.17) is 5.10 Å². The van der Waals surface area contributed by atoms with Crippen molar-refractivity contribution in [3.05, 3.63) is 77.4 Å². The summed E-state index contributed by atoms with van der Waals surface area (Å²) in [6, 6.07) is 15.0. The van der Waals surface area contributed by atoms with Crippen molar-refractivity contribution in [2.24, 2.45) is 0 Å². The van der Waals surface area contributed by atoms with E-state index in [1.54, 1.807) is 12.1 Å². The molecule has 0 amide bonds. The minimum Gasteiger partial charge on any atom is -0.478 e. The van der Waals surface area contributed by atoms with Crippen LogP contribution in [0.25, 0.3) is 17.2 Å². The fourth-order valence-corrected chi connectivity index (χ4v) is 3.19. The van der Waals surface area contributed by atoms with Gasteiger partial charge in [-0.1, -0.05) is 68.8 Å². The molecule has 0 saturated carbocycles. The molecule has 0 spiro atoms. The lowest BCUT2D eigenvalue weighted by Gasteiger charge is -2.08. The number of allylic oxidation sites excluding steroid dienone is 1. The summed E-state index contributed by atoms with van der Waals surface area (Å²) < 4.78 is 1.94. The molecule has 0 saturated heterocycles. The number of aromatic carboxylic acids is 1. The Kier molecular flexibility index (Phi) is 6.95. The molecule has 0 fully saturated rings. The van der Waals surface area contributed by atoms with Gasteiger partial charge >= 0.3 is 5.97 Å². The largest absolute Gasteiger partial charge is 0.478 e. The van der Waals surface area contributed by atoms with E-state index >= 15 is 0 Å². The summed E-state index contributed by atoms with van der Waals surface area (Å²) in [6.07, 6.45) is 8.17. The number of unbranched alkanes of at least 4 members (excludes halogenated alkanes) is 1. The van der Waals surface area contributed by atoms with Crippen LogP contribution in [0, 0.1) is 0 Å². The maximum Gasteiger partial charge on any atom is 0.336 e. The van der Waals surface area contributed by atoms with E-state index in [0.29, 0.717) is 12.1 Å². The van der Waals surface area contributed by atoms with Gasteiger partial charge in [-0.2, -0.15) is 5.10 Å². The lowest BCUT2D eigenvalue weighted by molar-refractivity contribution is 0.0697. The molecule has 0 aliphatic heterocycles. The van der Waals surface area contributed by atoms with E-state index < -0.39 is 5.97 Å². The van der Waals surface area contributed by atoms with Gasteiger partial charge in [0.15, 0.2) is 11.6 Å². The second kappa shape index (κ2) is 9.82. The zero-order valence-corrected chi connectivity index (χ0v) is 17.0. The van der Waals surface area contributed by atoms with Crippen molar-refractivity contribution in [1.29, 1.82) is 0 Å². The summed E-state index contributed by atoms with van der Waals surface area (Å²) in [5.41, 5.74) is 3.02. The third kappa shape index (κ3) is 5.19. The Bertz CT molecular complexity index is 988. The van der Waals surface area contributed by atoms with Gasteiger partial charge in [0.1, 0.15) is 0 Å². The van der Waals surface area contributed by atoms with Gasteiger partial charge in [0.25, 0.3) is 0 Å². The quantitative estimate of drug-likeness (QED) is 0.528. The van der Waals surface area contributed by atoms with E-state index in [0.717, 1.165) is 54.0 Å². The maximum absolute atomic E-state index is 11.5. The van der Waals surface area contributed by atoms with Gasteiger partial charge in [0.05, 0.1) is 12.1 Å². The normalized spacial score (nSPS) is 11.2. The highest BCUT2D eigenvalue weighted by Gasteiger charge is 2.12. The number of aryl methyl sites for hydroxylation is 1. The number of carboxylic acids is 1. The molecule has 150 valence electrons. The second-order valence-electron chi connectivity index (χ2n) is 7.01. The fourth-order valence-electron chi connectivity index (χ4n) is 3.19. The maximum atomic E-state index is 11.5. The van der Waals surface area contributed by atoms with E-state index in [2.05, 4.69) is 24.9 Å². The SMILES string of the molecule is CC/C=C/c1nc(CCCC)nn1Cc1ccc(-c2ccccc2C(=O)O)cc1. The molecule has 1 heterocycles. The van der Waals surface area contributed by atoms with Crippen LogP contribution in [-0.2, 0) is 13.0 Å². The standard InChI is InChI=1S/C24H27N3O2/c1-3-5-11-22-25-23(12-6-4-2)27(26-22)17-18-13-15-19(16-14-18)20-9-7-8-10-21(20)24(28)29/h6-10,12-16H,3-5,11,17H2,1-2H3,(H,28,29)/b12-6+. The number of nitrogens with zero attached hydrogens (tertiary/aromatic N) is 3. The lowest BCUT2D eigenvalue weighted by Crippen LogP contribution is -2.05. The van der Waals surface area contributed by atoms with Crippen LogP contribution in [0.2, 0.25) is 0 Å². The molecule has 3 rings (SSSR count). The summed E-state index contributed by atoms with van der Waals surface area (Å²) in [6.45, 7) is 4.89. The number of hydrogen-bond donors (Lipinski definition) is 1. The van der Waals surface area contributed by atoms with Crippen LogP contribution in [0.4, 0.5) is 0 Å². The predicted molar refractivity (Wildman–Crippen MR) is 116 cm³/mol.